The first kappa shape index (κ1) is 24.9. The second-order valence-electron chi connectivity index (χ2n) is 12.2. The number of hydrogen-bond acceptors (Lipinski definition) is 5. The molecule has 0 aromatic heterocycles. The highest BCUT2D eigenvalue weighted by molar-refractivity contribution is 5.81. The van der Waals surface area contributed by atoms with Crippen LogP contribution in [-0.2, 0) is 9.59 Å². The van der Waals surface area contributed by atoms with Crippen molar-refractivity contribution in [1.82, 2.24) is 5.32 Å². The molecule has 0 saturated heterocycles. The maximum atomic E-state index is 12.0. The van der Waals surface area contributed by atoms with E-state index in [-0.39, 0.29) is 65.1 Å². The molecule has 4 rings (SSSR count). The van der Waals surface area contributed by atoms with E-state index in [1.165, 1.54) is 0 Å². The number of carboxylic acid groups (broad SMARTS) is 1. The van der Waals surface area contributed by atoms with E-state index in [2.05, 4.69) is 26.1 Å². The van der Waals surface area contributed by atoms with Gasteiger partial charge < -0.3 is 25.7 Å². The Labute approximate surface area is 197 Å². The second kappa shape index (κ2) is 9.12. The van der Waals surface area contributed by atoms with Gasteiger partial charge in [0.25, 0.3) is 0 Å². The quantitative estimate of drug-likeness (QED) is 0.410. The molecule has 4 aliphatic carbocycles. The minimum atomic E-state index is -1.04. The molecule has 1 amide bonds. The van der Waals surface area contributed by atoms with Crippen molar-refractivity contribution in [2.24, 2.45) is 46.3 Å². The number of nitrogens with one attached hydrogen (secondary N) is 1. The summed E-state index contributed by atoms with van der Waals surface area (Å²) >= 11 is 0. The van der Waals surface area contributed by atoms with Gasteiger partial charge in [-0.05, 0) is 97.7 Å². The Morgan fingerprint density at radius 3 is 2.45 bits per heavy atom. The Bertz CT molecular complexity index is 759. The van der Waals surface area contributed by atoms with E-state index in [9.17, 15) is 24.9 Å². The lowest BCUT2D eigenvalue weighted by Gasteiger charge is -2.63. The molecule has 5 N–H and O–H groups in total. The highest BCUT2D eigenvalue weighted by atomic mass is 16.4. The monoisotopic (exact) mass is 465 g/mol. The fourth-order valence-electron chi connectivity index (χ4n) is 8.95. The zero-order valence-electron chi connectivity index (χ0n) is 20.4. The standard InChI is InChI=1S/C26H43NO6/c1-14(4-7-22(31)27-13-23(32)33)17-5-6-18-24-19(12-21(30)26(17,18)3)25(2)9-8-16(28)10-15(25)11-20(24)29/h14-21,24,28-30H,4-13H2,1-3H3,(H,27,31)(H,32,33)/t14-,15+,16+,17-,18+,19+,20-,21+,24+,25+,26-/m0/s1. The summed E-state index contributed by atoms with van der Waals surface area (Å²) in [6.45, 7) is 6.35. The second-order valence-corrected chi connectivity index (χ2v) is 12.2. The first-order valence-electron chi connectivity index (χ1n) is 13.0. The average molecular weight is 466 g/mol. The van der Waals surface area contributed by atoms with Gasteiger partial charge in [-0.2, -0.15) is 0 Å². The first-order chi connectivity index (χ1) is 15.5. The molecule has 4 saturated carbocycles. The Hall–Kier alpha value is -1.18. The number of fused-ring (bicyclic) bond motifs is 5. The number of aliphatic carboxylic acids is 1. The predicted octanol–water partition coefficient (Wildman–Crippen LogP) is 2.56. The van der Waals surface area contributed by atoms with E-state index in [4.69, 9.17) is 5.11 Å². The summed E-state index contributed by atoms with van der Waals surface area (Å²) in [6.07, 6.45) is 5.86. The van der Waals surface area contributed by atoms with Crippen molar-refractivity contribution in [2.45, 2.75) is 96.9 Å². The molecule has 11 atom stereocenters. The Morgan fingerprint density at radius 1 is 1.03 bits per heavy atom. The van der Waals surface area contributed by atoms with E-state index < -0.39 is 12.1 Å². The number of amides is 1. The van der Waals surface area contributed by atoms with E-state index in [1.54, 1.807) is 0 Å². The number of rotatable bonds is 6. The molecule has 0 aliphatic heterocycles. The third kappa shape index (κ3) is 4.23. The van der Waals surface area contributed by atoms with Crippen molar-refractivity contribution in [3.8, 4) is 0 Å². The molecule has 7 nitrogen and oxygen atoms in total. The van der Waals surface area contributed by atoms with Gasteiger partial charge in [-0.15, -0.1) is 0 Å². The molecule has 0 spiro atoms. The highest BCUT2D eigenvalue weighted by Crippen LogP contribution is 2.68. The third-order valence-electron chi connectivity index (χ3n) is 10.8. The van der Waals surface area contributed by atoms with E-state index in [0.29, 0.717) is 25.2 Å². The SMILES string of the molecule is C[C@@H](CCC(=O)NCC(=O)O)[C@@H]1CC[C@@H]2[C@@H]3[C@@H](C[C@@H](O)[C@]21C)[C@]1(C)CC[C@@H](O)C[C@@H]1C[C@@H]3O. The average Bonchev–Trinajstić information content (AvgIpc) is 3.11. The number of aliphatic hydroxyl groups is 3. The van der Waals surface area contributed by atoms with Crippen LogP contribution in [0.2, 0.25) is 0 Å². The van der Waals surface area contributed by atoms with E-state index in [1.807, 2.05) is 0 Å². The van der Waals surface area contributed by atoms with Gasteiger partial charge in [-0.25, -0.2) is 0 Å². The normalized spacial score (nSPS) is 47.7. The van der Waals surface area contributed by atoms with Crippen LogP contribution in [0.4, 0.5) is 0 Å². The summed E-state index contributed by atoms with van der Waals surface area (Å²) in [5.74, 6) is 0.265. The van der Waals surface area contributed by atoms with Crippen LogP contribution in [0.15, 0.2) is 0 Å². The Kier molecular flexibility index (Phi) is 6.89. The molecule has 0 radical (unpaired) electrons. The fourth-order valence-corrected chi connectivity index (χ4v) is 8.95. The summed E-state index contributed by atoms with van der Waals surface area (Å²) in [6, 6.07) is 0. The summed E-state index contributed by atoms with van der Waals surface area (Å²) in [5.41, 5.74) is -0.214. The molecule has 0 unspecified atom stereocenters. The summed E-state index contributed by atoms with van der Waals surface area (Å²) in [5, 5.41) is 44.4. The molecule has 0 aromatic rings. The topological polar surface area (TPSA) is 127 Å². The summed E-state index contributed by atoms with van der Waals surface area (Å²) < 4.78 is 0. The minimum absolute atomic E-state index is 0.0668. The minimum Gasteiger partial charge on any atom is -0.480 e. The van der Waals surface area contributed by atoms with Crippen LogP contribution in [0.1, 0.15) is 78.6 Å². The molecule has 0 heterocycles. The first-order valence-corrected chi connectivity index (χ1v) is 13.0. The predicted molar refractivity (Wildman–Crippen MR) is 123 cm³/mol. The third-order valence-corrected chi connectivity index (χ3v) is 10.8. The zero-order chi connectivity index (χ0) is 24.1. The van der Waals surface area contributed by atoms with Gasteiger partial charge in [0.2, 0.25) is 5.91 Å². The number of hydrogen-bond donors (Lipinski definition) is 5. The molecular formula is C26H43NO6. The van der Waals surface area contributed by atoms with Crippen LogP contribution in [0, 0.1) is 46.3 Å². The van der Waals surface area contributed by atoms with Crippen LogP contribution in [0.3, 0.4) is 0 Å². The van der Waals surface area contributed by atoms with Crippen LogP contribution < -0.4 is 5.32 Å². The van der Waals surface area contributed by atoms with Crippen molar-refractivity contribution < 1.29 is 30.0 Å². The maximum absolute atomic E-state index is 12.0. The van der Waals surface area contributed by atoms with Gasteiger partial charge in [-0.1, -0.05) is 20.8 Å². The number of carbonyl (C=O) groups excluding carboxylic acids is 1. The highest BCUT2D eigenvalue weighted by Gasteiger charge is 2.65. The van der Waals surface area contributed by atoms with Crippen molar-refractivity contribution in [3.05, 3.63) is 0 Å². The lowest BCUT2D eigenvalue weighted by atomic mass is 9.43. The number of aliphatic hydroxyl groups excluding tert-OH is 3. The fraction of sp³-hybridized carbons (Fsp3) is 0.923. The lowest BCUT2D eigenvalue weighted by Crippen LogP contribution is -2.62. The smallest absolute Gasteiger partial charge is 0.322 e. The Morgan fingerprint density at radius 2 is 1.76 bits per heavy atom. The molecule has 0 bridgehead atoms. The van der Waals surface area contributed by atoms with Gasteiger partial charge in [0.05, 0.1) is 18.3 Å². The lowest BCUT2D eigenvalue weighted by molar-refractivity contribution is -0.207. The van der Waals surface area contributed by atoms with E-state index in [0.717, 1.165) is 38.5 Å². The summed E-state index contributed by atoms with van der Waals surface area (Å²) in [4.78, 5) is 22.7. The molecule has 0 aromatic carbocycles. The van der Waals surface area contributed by atoms with Gasteiger partial charge in [0, 0.05) is 6.42 Å². The van der Waals surface area contributed by atoms with Crippen LogP contribution in [0.25, 0.3) is 0 Å². The summed E-state index contributed by atoms with van der Waals surface area (Å²) in [7, 11) is 0. The van der Waals surface area contributed by atoms with Gasteiger partial charge >= 0.3 is 5.97 Å². The maximum Gasteiger partial charge on any atom is 0.322 e. The van der Waals surface area contributed by atoms with Crippen LogP contribution >= 0.6 is 0 Å². The number of carbonyl (C=O) groups is 2. The van der Waals surface area contributed by atoms with Crippen molar-refractivity contribution >= 4 is 11.9 Å². The molecule has 4 aliphatic rings. The van der Waals surface area contributed by atoms with Gasteiger partial charge in [-0.3, -0.25) is 9.59 Å². The van der Waals surface area contributed by atoms with Crippen LogP contribution in [-0.4, -0.2) is 57.2 Å². The zero-order valence-corrected chi connectivity index (χ0v) is 20.4. The number of carboxylic acids is 1. The largest absolute Gasteiger partial charge is 0.480 e. The van der Waals surface area contributed by atoms with Gasteiger partial charge in [0.15, 0.2) is 0 Å². The van der Waals surface area contributed by atoms with Crippen molar-refractivity contribution in [2.75, 3.05) is 6.54 Å². The van der Waals surface area contributed by atoms with E-state index >= 15 is 0 Å². The molecular weight excluding hydrogens is 422 g/mol. The molecule has 33 heavy (non-hydrogen) atoms. The molecule has 7 heteroatoms. The molecule has 188 valence electrons. The van der Waals surface area contributed by atoms with Crippen molar-refractivity contribution in [3.63, 3.8) is 0 Å². The Balaban J connectivity index is 1.49. The molecule has 4 fully saturated rings. The van der Waals surface area contributed by atoms with Gasteiger partial charge in [0.1, 0.15) is 6.54 Å². The van der Waals surface area contributed by atoms with Crippen LogP contribution in [0.5, 0.6) is 0 Å². The van der Waals surface area contributed by atoms with Crippen molar-refractivity contribution in [1.29, 1.82) is 0 Å².